The highest BCUT2D eigenvalue weighted by molar-refractivity contribution is 6.14. The zero-order valence-electron chi connectivity index (χ0n) is 41.0. The predicted molar refractivity (Wildman–Crippen MR) is 297 cm³/mol. The van der Waals surface area contributed by atoms with Gasteiger partial charge in [0, 0.05) is 27.1 Å². The van der Waals surface area contributed by atoms with Crippen LogP contribution in [0.3, 0.4) is 0 Å². The summed E-state index contributed by atoms with van der Waals surface area (Å²) in [5.41, 5.74) is 15.8. The number of alkyl halides is 3. The monoisotopic (exact) mass is 962 g/mol. The van der Waals surface area contributed by atoms with Crippen molar-refractivity contribution < 1.29 is 13.2 Å². The number of rotatable bonds is 7. The number of fused-ring (bicyclic) bond motifs is 6. The molecule has 10 aromatic carbocycles. The third kappa shape index (κ3) is 7.78. The maximum atomic E-state index is 15.3. The van der Waals surface area contributed by atoms with E-state index in [2.05, 4.69) is 205 Å². The topological polar surface area (TPSA) is 38.0 Å². The summed E-state index contributed by atoms with van der Waals surface area (Å²) < 4.78 is 50.2. The molecule has 4 nitrogen and oxygen atoms in total. The highest BCUT2D eigenvalue weighted by Gasteiger charge is 2.36. The van der Waals surface area contributed by atoms with Crippen LogP contribution in [0, 0.1) is 45.6 Å². The second kappa shape index (κ2) is 17.7. The molecule has 12 rings (SSSR count). The van der Waals surface area contributed by atoms with Crippen molar-refractivity contribution in [3.63, 3.8) is 0 Å². The van der Waals surface area contributed by atoms with Gasteiger partial charge in [-0.2, -0.15) is 18.4 Å². The molecule has 0 saturated heterocycles. The van der Waals surface area contributed by atoms with Crippen molar-refractivity contribution in [1.29, 1.82) is 5.26 Å². The van der Waals surface area contributed by atoms with Gasteiger partial charge in [-0.25, -0.2) is 4.85 Å². The normalized spacial score (nSPS) is 11.7. The highest BCUT2D eigenvalue weighted by Crippen LogP contribution is 2.48. The van der Waals surface area contributed by atoms with Crippen LogP contribution in [0.1, 0.15) is 33.4 Å². The molecule has 0 bridgehead atoms. The summed E-state index contributed by atoms with van der Waals surface area (Å²) in [5, 5.41) is 15.0. The first-order valence-corrected chi connectivity index (χ1v) is 24.5. The Kier molecular flexibility index (Phi) is 10.9. The SMILES string of the molecule is [C-]#[N+]c1cccc(C(F)(F)F)c1-c1cc(-n2c3ccc(-c4cccc(C)c4)cc3c3cc(-c4cccc(C)c4)ccc32)c(-n2c3ccc(-c4cccc(C)c4)cc3c3cc(-c4cccc(C)c4)ccc32)cc1C#N. The third-order valence-corrected chi connectivity index (χ3v) is 14.4. The minimum absolute atomic E-state index is 0.00246. The van der Waals surface area contributed by atoms with Crippen LogP contribution in [0.2, 0.25) is 0 Å². The first-order chi connectivity index (χ1) is 35.8. The Morgan fingerprint density at radius 3 is 1.08 bits per heavy atom. The fraction of sp³-hybridized carbons (Fsp3) is 0.0746. The number of hydrogen-bond donors (Lipinski definition) is 0. The van der Waals surface area contributed by atoms with Crippen molar-refractivity contribution >= 4 is 49.3 Å². The Morgan fingerprint density at radius 2 is 0.757 bits per heavy atom. The van der Waals surface area contributed by atoms with Gasteiger partial charge in [-0.1, -0.05) is 162 Å². The van der Waals surface area contributed by atoms with Crippen molar-refractivity contribution in [3.8, 4) is 73.1 Å². The highest BCUT2D eigenvalue weighted by atomic mass is 19.4. The average molecular weight is 963 g/mol. The number of hydrogen-bond acceptors (Lipinski definition) is 1. The largest absolute Gasteiger partial charge is 0.415 e. The second-order valence-electron chi connectivity index (χ2n) is 19.4. The van der Waals surface area contributed by atoms with Crippen LogP contribution in [-0.4, -0.2) is 9.13 Å². The smallest absolute Gasteiger partial charge is 0.307 e. The van der Waals surface area contributed by atoms with Crippen molar-refractivity contribution in [2.45, 2.75) is 33.9 Å². The first kappa shape index (κ1) is 45.7. The molecule has 0 spiro atoms. The molecule has 0 atom stereocenters. The number of benzene rings is 10. The van der Waals surface area contributed by atoms with Gasteiger partial charge in [0.15, 0.2) is 5.69 Å². The van der Waals surface area contributed by atoms with Gasteiger partial charge in [-0.3, -0.25) is 0 Å². The fourth-order valence-corrected chi connectivity index (χ4v) is 11.0. The molecule has 0 aliphatic heterocycles. The summed E-state index contributed by atoms with van der Waals surface area (Å²) in [7, 11) is 0. The molecule has 0 aliphatic rings. The fourth-order valence-electron chi connectivity index (χ4n) is 11.0. The summed E-state index contributed by atoms with van der Waals surface area (Å²) >= 11 is 0. The van der Waals surface area contributed by atoms with E-state index in [4.69, 9.17) is 6.57 Å². The molecular formula is C67H45F3N4. The molecule has 2 heterocycles. The molecule has 0 aliphatic carbocycles. The van der Waals surface area contributed by atoms with E-state index in [0.717, 1.165) is 116 Å². The first-order valence-electron chi connectivity index (χ1n) is 24.5. The summed E-state index contributed by atoms with van der Waals surface area (Å²) in [6.07, 6.45) is -4.83. The molecule has 2 aromatic heterocycles. The molecule has 0 amide bonds. The van der Waals surface area contributed by atoms with Crippen molar-refractivity contribution in [3.05, 3.63) is 245 Å². The van der Waals surface area contributed by atoms with Crippen LogP contribution in [0.15, 0.2) is 200 Å². The third-order valence-electron chi connectivity index (χ3n) is 14.4. The van der Waals surface area contributed by atoms with E-state index in [9.17, 15) is 5.26 Å². The second-order valence-corrected chi connectivity index (χ2v) is 19.4. The van der Waals surface area contributed by atoms with E-state index in [1.54, 1.807) is 12.1 Å². The molecule has 0 fully saturated rings. The molecule has 354 valence electrons. The number of aromatic nitrogens is 2. The van der Waals surface area contributed by atoms with Crippen LogP contribution in [0.25, 0.3) is 115 Å². The van der Waals surface area contributed by atoms with Gasteiger partial charge in [-0.05, 0) is 138 Å². The van der Waals surface area contributed by atoms with Crippen molar-refractivity contribution in [2.75, 3.05) is 0 Å². The van der Waals surface area contributed by atoms with E-state index in [1.807, 2.05) is 12.1 Å². The molecular weight excluding hydrogens is 918 g/mol. The Hall–Kier alpha value is -9.43. The zero-order chi connectivity index (χ0) is 51.0. The van der Waals surface area contributed by atoms with E-state index in [1.165, 1.54) is 12.1 Å². The number of nitriles is 1. The maximum Gasteiger partial charge on any atom is 0.415 e. The van der Waals surface area contributed by atoms with Crippen molar-refractivity contribution in [1.82, 2.24) is 9.13 Å². The maximum absolute atomic E-state index is 15.3. The lowest BCUT2D eigenvalue weighted by atomic mass is 9.92. The molecule has 0 radical (unpaired) electrons. The zero-order valence-corrected chi connectivity index (χ0v) is 41.0. The van der Waals surface area contributed by atoms with Crippen LogP contribution < -0.4 is 0 Å². The van der Waals surface area contributed by atoms with Gasteiger partial charge in [0.1, 0.15) is 0 Å². The lowest BCUT2D eigenvalue weighted by Gasteiger charge is -2.21. The van der Waals surface area contributed by atoms with Crippen LogP contribution in [0.5, 0.6) is 0 Å². The minimum atomic E-state index is -4.83. The molecule has 0 N–H and O–H groups in total. The Bertz CT molecular complexity index is 4180. The molecule has 74 heavy (non-hydrogen) atoms. The molecule has 12 aromatic rings. The predicted octanol–water partition coefficient (Wildman–Crippen LogP) is 18.9. The molecule has 0 saturated carbocycles. The number of halogens is 3. The standard InChI is InChI=1S/C67H45F3N4/c1-40-11-6-15-44(29-40)48-21-25-60-54(33-48)55-34-49(45-16-7-12-41(2)30-45)22-26-61(55)73(60)64-37-52(39-71)53(66-58(67(68,69)70)19-10-20-59(66)72-5)38-65(64)74-62-27-23-50(46-17-8-13-42(3)31-46)35-56(62)57-36-51(24-28-63(57)74)47-18-9-14-43(4)32-47/h6-38H,1-4H3. The minimum Gasteiger partial charge on any atom is -0.307 e. The van der Waals surface area contributed by atoms with Gasteiger partial charge in [0.25, 0.3) is 0 Å². The summed E-state index contributed by atoms with van der Waals surface area (Å²) in [6, 6.07) is 68.5. The number of nitrogens with zero attached hydrogens (tertiary/aromatic N) is 4. The van der Waals surface area contributed by atoms with Gasteiger partial charge in [-0.15, -0.1) is 0 Å². The van der Waals surface area contributed by atoms with Crippen LogP contribution in [0.4, 0.5) is 18.9 Å². The van der Waals surface area contributed by atoms with Gasteiger partial charge < -0.3 is 9.13 Å². The van der Waals surface area contributed by atoms with Crippen molar-refractivity contribution in [2.24, 2.45) is 0 Å². The number of aryl methyl sites for hydroxylation is 4. The lowest BCUT2D eigenvalue weighted by Crippen LogP contribution is -2.09. The van der Waals surface area contributed by atoms with Crippen LogP contribution in [-0.2, 0) is 6.18 Å². The van der Waals surface area contributed by atoms with E-state index >= 15 is 13.2 Å². The average Bonchev–Trinajstić information content (AvgIpc) is 3.92. The Morgan fingerprint density at radius 1 is 0.419 bits per heavy atom. The molecule has 7 heteroatoms. The lowest BCUT2D eigenvalue weighted by molar-refractivity contribution is -0.137. The summed E-state index contributed by atoms with van der Waals surface area (Å²) in [6.45, 7) is 16.5. The Labute approximate surface area is 426 Å². The Balaban J connectivity index is 1.24. The van der Waals surface area contributed by atoms with E-state index < -0.39 is 11.7 Å². The summed E-state index contributed by atoms with van der Waals surface area (Å²) in [5.74, 6) is 0. The van der Waals surface area contributed by atoms with Gasteiger partial charge in [0.05, 0.1) is 57.2 Å². The van der Waals surface area contributed by atoms with E-state index in [0.29, 0.717) is 11.4 Å². The quantitative estimate of drug-likeness (QED) is 0.147. The molecule has 0 unspecified atom stereocenters. The summed E-state index contributed by atoms with van der Waals surface area (Å²) in [4.78, 5) is 3.64. The van der Waals surface area contributed by atoms with E-state index in [-0.39, 0.29) is 22.4 Å². The van der Waals surface area contributed by atoms with Gasteiger partial charge >= 0.3 is 6.18 Å². The van der Waals surface area contributed by atoms with Crippen LogP contribution >= 0.6 is 0 Å². The van der Waals surface area contributed by atoms with Gasteiger partial charge in [0.2, 0.25) is 0 Å².